The van der Waals surface area contributed by atoms with Gasteiger partial charge in [-0.2, -0.15) is 0 Å². The van der Waals surface area contributed by atoms with Gasteiger partial charge in [0.2, 0.25) is 0 Å². The fourth-order valence-corrected chi connectivity index (χ4v) is 2.80. The standard InChI is InChI=1S/2C8H17NO4.3C7H15NO4/c2*1-3-9-8(10)13-7-6-12-5-4-11-2;3*1-8-7(9)12-6-5-11-4-3-10-2/h2*3-7H2,1-2H3,(H,9,10);3*3-6H2,1-2H3,(H,8,9). The minimum atomic E-state index is -0.439. The van der Waals surface area contributed by atoms with Crippen molar-refractivity contribution in [2.45, 2.75) is 13.8 Å². The van der Waals surface area contributed by atoms with Gasteiger partial charge in [0.25, 0.3) is 0 Å². The Hall–Kier alpha value is -4.05. The van der Waals surface area contributed by atoms with E-state index in [0.717, 1.165) is 0 Å². The van der Waals surface area contributed by atoms with E-state index in [9.17, 15) is 24.0 Å². The molecule has 372 valence electrons. The van der Waals surface area contributed by atoms with Crippen molar-refractivity contribution in [1.82, 2.24) is 26.6 Å². The lowest BCUT2D eigenvalue weighted by molar-refractivity contribution is 0.0422. The molecule has 0 saturated carbocycles. The Morgan fingerprint density at radius 1 is 0.290 bits per heavy atom. The maximum absolute atomic E-state index is 10.7. The van der Waals surface area contributed by atoms with Crippen LogP contribution in [0.15, 0.2) is 0 Å². The predicted octanol–water partition coefficient (Wildman–Crippen LogP) is 0.807. The third-order valence-corrected chi connectivity index (χ3v) is 5.72. The predicted molar refractivity (Wildman–Crippen MR) is 225 cm³/mol. The topological polar surface area (TPSA) is 284 Å². The number of nitrogens with one attached hydrogen (secondary N) is 5. The first-order valence-electron chi connectivity index (χ1n) is 19.7. The Labute approximate surface area is 367 Å². The van der Waals surface area contributed by atoms with E-state index in [4.69, 9.17) is 56.8 Å². The molecular weight excluding hydrogens is 834 g/mol. The van der Waals surface area contributed by atoms with Crippen molar-refractivity contribution in [2.75, 3.05) is 202 Å². The molecule has 25 heteroatoms. The van der Waals surface area contributed by atoms with Crippen LogP contribution >= 0.6 is 0 Å². The lowest BCUT2D eigenvalue weighted by atomic mass is 10.7. The summed E-state index contributed by atoms with van der Waals surface area (Å²) in [5.41, 5.74) is 0. The fraction of sp³-hybridized carbons (Fsp3) is 0.865. The third kappa shape index (κ3) is 73.5. The van der Waals surface area contributed by atoms with E-state index in [1.807, 2.05) is 13.8 Å². The normalized spacial score (nSPS) is 9.58. The van der Waals surface area contributed by atoms with Crippen LogP contribution in [0.2, 0.25) is 0 Å². The number of hydrogen-bond donors (Lipinski definition) is 5. The molecule has 0 heterocycles. The summed E-state index contributed by atoms with van der Waals surface area (Å²) in [7, 11) is 12.5. The molecule has 5 amide bonds. The zero-order valence-electron chi connectivity index (χ0n) is 38.7. The molecule has 0 aliphatic rings. The smallest absolute Gasteiger partial charge is 0.407 e. The van der Waals surface area contributed by atoms with Gasteiger partial charge in [0.05, 0.1) is 99.1 Å². The molecule has 0 aromatic rings. The van der Waals surface area contributed by atoms with Crippen molar-refractivity contribution in [3.63, 3.8) is 0 Å². The monoisotopic (exact) mass is 914 g/mol. The van der Waals surface area contributed by atoms with E-state index in [2.05, 4.69) is 40.8 Å². The van der Waals surface area contributed by atoms with E-state index in [1.54, 1.807) is 35.5 Å². The highest BCUT2D eigenvalue weighted by Gasteiger charge is 2.00. The Bertz CT molecular complexity index is 850. The molecule has 0 unspecified atom stereocenters. The van der Waals surface area contributed by atoms with Gasteiger partial charge < -0.3 is 97.6 Å². The summed E-state index contributed by atoms with van der Waals surface area (Å²) in [6.07, 6.45) is -2.13. The highest BCUT2D eigenvalue weighted by molar-refractivity contribution is 5.68. The van der Waals surface area contributed by atoms with Gasteiger partial charge in [0, 0.05) is 69.8 Å². The first-order valence-corrected chi connectivity index (χ1v) is 19.7. The zero-order valence-corrected chi connectivity index (χ0v) is 38.7. The molecule has 62 heavy (non-hydrogen) atoms. The molecule has 0 bridgehead atoms. The molecule has 0 aliphatic heterocycles. The van der Waals surface area contributed by atoms with Crippen LogP contribution in [0.3, 0.4) is 0 Å². The largest absolute Gasteiger partial charge is 0.447 e. The summed E-state index contributed by atoms with van der Waals surface area (Å²) in [5, 5.41) is 12.0. The molecule has 0 saturated heterocycles. The van der Waals surface area contributed by atoms with Crippen LogP contribution in [0.1, 0.15) is 13.8 Å². The maximum atomic E-state index is 10.7. The maximum Gasteiger partial charge on any atom is 0.407 e. The van der Waals surface area contributed by atoms with E-state index < -0.39 is 30.5 Å². The SMILES string of the molecule is CCNC(=O)OCCOCCOC.CCNC(=O)OCCOCCOC.CNC(=O)OCCOCCOC.CNC(=O)OCCOCCOC.CNC(=O)OCCOCCOC. The summed E-state index contributed by atoms with van der Waals surface area (Å²) in [4.78, 5) is 52.9. The second-order valence-corrected chi connectivity index (χ2v) is 10.5. The van der Waals surface area contributed by atoms with E-state index in [0.29, 0.717) is 112 Å². The number of carbonyl (C=O) groups is 5. The highest BCUT2D eigenvalue weighted by Crippen LogP contribution is 1.84. The highest BCUT2D eigenvalue weighted by atomic mass is 16.6. The molecule has 0 fully saturated rings. The van der Waals surface area contributed by atoms with Gasteiger partial charge in [-0.3, -0.25) is 0 Å². The number of methoxy groups -OCH3 is 5. The van der Waals surface area contributed by atoms with Crippen LogP contribution in [0.25, 0.3) is 0 Å². The van der Waals surface area contributed by atoms with Crippen LogP contribution in [0.4, 0.5) is 24.0 Å². The lowest BCUT2D eigenvalue weighted by Gasteiger charge is -2.05. The van der Waals surface area contributed by atoms with Crippen molar-refractivity contribution in [1.29, 1.82) is 0 Å². The Kier molecular flexibility index (Phi) is 68.8. The fourth-order valence-electron chi connectivity index (χ4n) is 2.80. The van der Waals surface area contributed by atoms with Crippen molar-refractivity contribution < 1.29 is 95.0 Å². The number of ether oxygens (including phenoxy) is 15. The third-order valence-electron chi connectivity index (χ3n) is 5.72. The summed E-state index contributed by atoms with van der Waals surface area (Å²) in [6.45, 7) is 13.5. The minimum Gasteiger partial charge on any atom is -0.447 e. The number of amides is 5. The molecular formula is C37H79N5O20. The Balaban J connectivity index is -0.000000218. The van der Waals surface area contributed by atoms with Crippen molar-refractivity contribution >= 4 is 30.5 Å². The molecule has 5 N–H and O–H groups in total. The van der Waals surface area contributed by atoms with E-state index >= 15 is 0 Å². The second-order valence-electron chi connectivity index (χ2n) is 10.5. The zero-order chi connectivity index (χ0) is 47.6. The molecule has 0 aliphatic carbocycles. The lowest BCUT2D eigenvalue weighted by Crippen LogP contribution is -2.25. The van der Waals surface area contributed by atoms with Gasteiger partial charge in [0.15, 0.2) is 0 Å². The molecule has 0 spiro atoms. The van der Waals surface area contributed by atoms with Gasteiger partial charge in [-0.05, 0) is 13.8 Å². The number of carbonyl (C=O) groups excluding carboxylic acids is 5. The molecule has 0 aromatic carbocycles. The quantitative estimate of drug-likeness (QED) is 0.0461. The summed E-state index contributed by atoms with van der Waals surface area (Å²) in [6, 6.07) is 0. The summed E-state index contributed by atoms with van der Waals surface area (Å²) < 4.78 is 72.5. The molecule has 25 nitrogen and oxygen atoms in total. The van der Waals surface area contributed by atoms with Gasteiger partial charge >= 0.3 is 30.5 Å². The molecule has 0 rings (SSSR count). The van der Waals surface area contributed by atoms with E-state index in [-0.39, 0.29) is 33.0 Å². The first kappa shape index (κ1) is 67.0. The first-order chi connectivity index (χ1) is 30.0. The Morgan fingerprint density at radius 2 is 0.468 bits per heavy atom. The minimum absolute atomic E-state index is 0.267. The van der Waals surface area contributed by atoms with Crippen LogP contribution in [-0.4, -0.2) is 232 Å². The van der Waals surface area contributed by atoms with Crippen molar-refractivity contribution in [3.05, 3.63) is 0 Å². The van der Waals surface area contributed by atoms with E-state index in [1.165, 1.54) is 21.1 Å². The van der Waals surface area contributed by atoms with Gasteiger partial charge in [-0.15, -0.1) is 0 Å². The van der Waals surface area contributed by atoms with Crippen LogP contribution in [0, 0.1) is 0 Å². The number of rotatable bonds is 32. The second kappa shape index (κ2) is 63.6. The average molecular weight is 914 g/mol. The van der Waals surface area contributed by atoms with Crippen LogP contribution in [0.5, 0.6) is 0 Å². The molecule has 0 radical (unpaired) electrons. The van der Waals surface area contributed by atoms with Gasteiger partial charge in [0.1, 0.15) is 33.0 Å². The Morgan fingerprint density at radius 3 is 0.629 bits per heavy atom. The number of hydrogen-bond acceptors (Lipinski definition) is 20. The molecule has 0 aromatic heterocycles. The van der Waals surface area contributed by atoms with Crippen LogP contribution < -0.4 is 26.6 Å². The summed E-state index contributed by atoms with van der Waals surface area (Å²) in [5.74, 6) is 0. The van der Waals surface area contributed by atoms with Crippen molar-refractivity contribution in [3.8, 4) is 0 Å². The average Bonchev–Trinajstić information content (AvgIpc) is 3.27. The van der Waals surface area contributed by atoms with Crippen LogP contribution in [-0.2, 0) is 71.1 Å². The van der Waals surface area contributed by atoms with Crippen molar-refractivity contribution in [2.24, 2.45) is 0 Å². The number of alkyl carbamates (subject to hydrolysis) is 5. The van der Waals surface area contributed by atoms with Gasteiger partial charge in [-0.1, -0.05) is 0 Å². The van der Waals surface area contributed by atoms with Gasteiger partial charge in [-0.25, -0.2) is 24.0 Å². The summed E-state index contributed by atoms with van der Waals surface area (Å²) >= 11 is 0. The molecule has 0 atom stereocenters.